The number of nitrogens with zero attached hydrogens (tertiary/aromatic N) is 6. The standard InChI is InChI=1S/C18H19N9O/c1-10-14(7-11(19)8-21-10)23-15-12-9-22-18(25-16(12)27(2)26-15)24-13-5-4-6-20-17(13)28-3/h4-9H,19H2,1-3H3,(H,23,26)(H,22,24,25). The molecular formula is C18H19N9O. The lowest BCUT2D eigenvalue weighted by atomic mass is 10.3. The van der Waals surface area contributed by atoms with E-state index in [1.807, 2.05) is 26.1 Å². The largest absolute Gasteiger partial charge is 0.480 e. The van der Waals surface area contributed by atoms with Crippen LogP contribution in [0.5, 0.6) is 5.88 Å². The van der Waals surface area contributed by atoms with Gasteiger partial charge in [-0.05, 0) is 25.1 Å². The fraction of sp³-hybridized carbons (Fsp3) is 0.167. The topological polar surface area (TPSA) is 129 Å². The minimum atomic E-state index is 0.412. The molecule has 0 aliphatic carbocycles. The molecule has 4 heterocycles. The lowest BCUT2D eigenvalue weighted by Gasteiger charge is -2.09. The molecule has 0 saturated heterocycles. The van der Waals surface area contributed by atoms with Gasteiger partial charge in [-0.2, -0.15) is 10.1 Å². The van der Waals surface area contributed by atoms with Gasteiger partial charge in [0.25, 0.3) is 0 Å². The molecular weight excluding hydrogens is 358 g/mol. The molecule has 0 aliphatic rings. The van der Waals surface area contributed by atoms with Gasteiger partial charge in [-0.3, -0.25) is 4.98 Å². The van der Waals surface area contributed by atoms with E-state index in [4.69, 9.17) is 10.5 Å². The van der Waals surface area contributed by atoms with E-state index in [0.717, 1.165) is 16.8 Å². The number of hydrogen-bond donors (Lipinski definition) is 3. The lowest BCUT2D eigenvalue weighted by Crippen LogP contribution is -2.01. The van der Waals surface area contributed by atoms with Crippen LogP contribution in [0, 0.1) is 6.92 Å². The summed E-state index contributed by atoms with van der Waals surface area (Å²) >= 11 is 0. The van der Waals surface area contributed by atoms with Gasteiger partial charge in [0.05, 0.1) is 35.8 Å². The number of nitrogen functional groups attached to an aromatic ring is 1. The Hall–Kier alpha value is -3.95. The van der Waals surface area contributed by atoms with Gasteiger partial charge < -0.3 is 21.1 Å². The van der Waals surface area contributed by atoms with Gasteiger partial charge >= 0.3 is 0 Å². The maximum Gasteiger partial charge on any atom is 0.237 e. The second kappa shape index (κ2) is 6.99. The summed E-state index contributed by atoms with van der Waals surface area (Å²) < 4.78 is 6.93. The summed E-state index contributed by atoms with van der Waals surface area (Å²) in [6, 6.07) is 5.46. The third-order valence-corrected chi connectivity index (χ3v) is 4.15. The first-order valence-electron chi connectivity index (χ1n) is 8.50. The van der Waals surface area contributed by atoms with Crippen molar-refractivity contribution < 1.29 is 4.74 Å². The molecule has 28 heavy (non-hydrogen) atoms. The van der Waals surface area contributed by atoms with E-state index in [9.17, 15) is 0 Å². The molecule has 0 saturated carbocycles. The van der Waals surface area contributed by atoms with E-state index in [0.29, 0.717) is 34.7 Å². The molecule has 10 nitrogen and oxygen atoms in total. The average Bonchev–Trinajstić information content (AvgIpc) is 3.00. The number of hydrogen-bond acceptors (Lipinski definition) is 9. The second-order valence-corrected chi connectivity index (χ2v) is 6.11. The number of aryl methyl sites for hydroxylation is 2. The highest BCUT2D eigenvalue weighted by Crippen LogP contribution is 2.28. The number of fused-ring (bicyclic) bond motifs is 1. The molecule has 10 heteroatoms. The van der Waals surface area contributed by atoms with Crippen molar-refractivity contribution in [2.24, 2.45) is 7.05 Å². The van der Waals surface area contributed by atoms with Crippen molar-refractivity contribution in [1.29, 1.82) is 0 Å². The van der Waals surface area contributed by atoms with Crippen LogP contribution < -0.4 is 21.1 Å². The van der Waals surface area contributed by atoms with E-state index >= 15 is 0 Å². The molecule has 0 bridgehead atoms. The Morgan fingerprint density at radius 3 is 2.79 bits per heavy atom. The Morgan fingerprint density at radius 1 is 1.11 bits per heavy atom. The van der Waals surface area contributed by atoms with Crippen molar-refractivity contribution >= 4 is 39.9 Å². The van der Waals surface area contributed by atoms with E-state index in [-0.39, 0.29) is 0 Å². The van der Waals surface area contributed by atoms with Gasteiger partial charge in [-0.15, -0.1) is 0 Å². The fourth-order valence-electron chi connectivity index (χ4n) is 2.76. The maximum atomic E-state index is 5.84. The Labute approximate surface area is 160 Å². The van der Waals surface area contributed by atoms with Crippen molar-refractivity contribution in [3.05, 3.63) is 42.5 Å². The second-order valence-electron chi connectivity index (χ2n) is 6.11. The van der Waals surface area contributed by atoms with Gasteiger partial charge in [0.2, 0.25) is 11.8 Å². The molecule has 0 aromatic carbocycles. The Kier molecular flexibility index (Phi) is 4.36. The highest BCUT2D eigenvalue weighted by atomic mass is 16.5. The Bertz CT molecular complexity index is 1160. The number of ether oxygens (including phenoxy) is 1. The quantitative estimate of drug-likeness (QED) is 0.480. The van der Waals surface area contributed by atoms with Gasteiger partial charge in [0, 0.05) is 19.4 Å². The van der Waals surface area contributed by atoms with E-state index < -0.39 is 0 Å². The highest BCUT2D eigenvalue weighted by molar-refractivity contribution is 5.90. The monoisotopic (exact) mass is 377 g/mol. The molecule has 0 spiro atoms. The number of nitrogens with two attached hydrogens (primary N) is 1. The van der Waals surface area contributed by atoms with Crippen molar-refractivity contribution in [3.63, 3.8) is 0 Å². The molecule has 0 fully saturated rings. The molecule has 0 amide bonds. The van der Waals surface area contributed by atoms with Crippen molar-refractivity contribution in [1.82, 2.24) is 29.7 Å². The summed E-state index contributed by atoms with van der Waals surface area (Å²) in [5.41, 5.74) is 9.34. The fourth-order valence-corrected chi connectivity index (χ4v) is 2.76. The lowest BCUT2D eigenvalue weighted by molar-refractivity contribution is 0.400. The van der Waals surface area contributed by atoms with Crippen LogP contribution in [0.2, 0.25) is 0 Å². The number of anilines is 5. The molecule has 0 aliphatic heterocycles. The van der Waals surface area contributed by atoms with Gasteiger partial charge in [-0.25, -0.2) is 14.6 Å². The van der Waals surface area contributed by atoms with Crippen LogP contribution >= 0.6 is 0 Å². The predicted molar refractivity (Wildman–Crippen MR) is 107 cm³/mol. The summed E-state index contributed by atoms with van der Waals surface area (Å²) in [6.07, 6.45) is 4.98. The van der Waals surface area contributed by atoms with Gasteiger partial charge in [-0.1, -0.05) is 0 Å². The van der Waals surface area contributed by atoms with Crippen LogP contribution in [0.15, 0.2) is 36.8 Å². The normalized spacial score (nSPS) is 10.8. The zero-order valence-corrected chi connectivity index (χ0v) is 15.6. The first-order chi connectivity index (χ1) is 13.5. The molecule has 142 valence electrons. The predicted octanol–water partition coefficient (Wildman–Crippen LogP) is 2.54. The smallest absolute Gasteiger partial charge is 0.237 e. The highest BCUT2D eigenvalue weighted by Gasteiger charge is 2.14. The zero-order chi connectivity index (χ0) is 19.7. The molecule has 0 unspecified atom stereocenters. The van der Waals surface area contributed by atoms with Crippen LogP contribution in [0.3, 0.4) is 0 Å². The molecule has 0 atom stereocenters. The van der Waals surface area contributed by atoms with Crippen LogP contribution in [-0.2, 0) is 7.05 Å². The maximum absolute atomic E-state index is 5.84. The average molecular weight is 377 g/mol. The molecule has 4 aromatic heterocycles. The van der Waals surface area contributed by atoms with Crippen molar-refractivity contribution in [2.45, 2.75) is 6.92 Å². The van der Waals surface area contributed by atoms with Crippen LogP contribution in [0.4, 0.5) is 28.8 Å². The molecule has 4 rings (SSSR count). The first kappa shape index (κ1) is 17.5. The summed E-state index contributed by atoms with van der Waals surface area (Å²) in [4.78, 5) is 17.4. The number of pyridine rings is 2. The number of rotatable bonds is 5. The summed E-state index contributed by atoms with van der Waals surface area (Å²) in [7, 11) is 3.38. The van der Waals surface area contributed by atoms with E-state index in [1.54, 1.807) is 36.4 Å². The Balaban J connectivity index is 1.68. The van der Waals surface area contributed by atoms with Gasteiger partial charge in [0.15, 0.2) is 11.5 Å². The third-order valence-electron chi connectivity index (χ3n) is 4.15. The van der Waals surface area contributed by atoms with Crippen molar-refractivity contribution in [3.8, 4) is 5.88 Å². The molecule has 4 aromatic rings. The van der Waals surface area contributed by atoms with Crippen LogP contribution in [0.1, 0.15) is 5.69 Å². The SMILES string of the molecule is COc1ncccc1Nc1ncc2c(Nc3cc(N)cnc3C)nn(C)c2n1. The van der Waals surface area contributed by atoms with Gasteiger partial charge in [0.1, 0.15) is 5.69 Å². The number of nitrogens with one attached hydrogen (secondary N) is 2. The van der Waals surface area contributed by atoms with E-state index in [1.165, 1.54) is 0 Å². The minimum Gasteiger partial charge on any atom is -0.480 e. The number of methoxy groups -OCH3 is 1. The molecule has 4 N–H and O–H groups in total. The Morgan fingerprint density at radius 2 is 1.96 bits per heavy atom. The van der Waals surface area contributed by atoms with Crippen LogP contribution in [-0.4, -0.2) is 36.8 Å². The first-order valence-corrected chi connectivity index (χ1v) is 8.50. The summed E-state index contributed by atoms with van der Waals surface area (Å²) in [5.74, 6) is 1.50. The summed E-state index contributed by atoms with van der Waals surface area (Å²) in [6.45, 7) is 1.90. The number of aromatic nitrogens is 6. The molecule has 0 radical (unpaired) electrons. The van der Waals surface area contributed by atoms with Crippen LogP contribution in [0.25, 0.3) is 11.0 Å². The third kappa shape index (κ3) is 3.22. The zero-order valence-electron chi connectivity index (χ0n) is 15.6. The van der Waals surface area contributed by atoms with Crippen molar-refractivity contribution in [2.75, 3.05) is 23.5 Å². The van der Waals surface area contributed by atoms with E-state index in [2.05, 4.69) is 35.7 Å². The minimum absolute atomic E-state index is 0.412. The summed E-state index contributed by atoms with van der Waals surface area (Å²) in [5, 5.41) is 11.7.